The molecular weight excluding hydrogens is 328 g/mol. The van der Waals surface area contributed by atoms with Gasteiger partial charge in [0.2, 0.25) is 0 Å². The Hall–Kier alpha value is -1.50. The molecule has 0 N–H and O–H groups in total. The lowest BCUT2D eigenvalue weighted by Gasteiger charge is -2.23. The Morgan fingerprint density at radius 1 is 0.826 bits per heavy atom. The zero-order valence-corrected chi connectivity index (χ0v) is 15.0. The molecule has 0 amide bonds. The molecule has 23 heavy (non-hydrogen) atoms. The van der Waals surface area contributed by atoms with Crippen molar-refractivity contribution in [3.63, 3.8) is 0 Å². The highest BCUT2D eigenvalue weighted by atomic mass is 35.5. The van der Waals surface area contributed by atoms with Gasteiger partial charge in [-0.1, -0.05) is 25.4 Å². The summed E-state index contributed by atoms with van der Waals surface area (Å²) in [5.74, 6) is -0.979. The second kappa shape index (κ2) is 9.60. The SMILES string of the molecule is CC(C)(COC(=O)CCC(=O)OC(C)(C)C)COC(=O)OCCl. The molecule has 0 unspecified atom stereocenters. The third-order valence-electron chi connectivity index (χ3n) is 2.33. The maximum Gasteiger partial charge on any atom is 0.509 e. The molecule has 0 aliphatic carbocycles. The molecule has 0 saturated carbocycles. The highest BCUT2D eigenvalue weighted by Crippen LogP contribution is 2.17. The molecule has 8 heteroatoms. The first-order chi connectivity index (χ1) is 10.4. The van der Waals surface area contributed by atoms with E-state index in [-0.39, 0.29) is 32.1 Å². The van der Waals surface area contributed by atoms with Crippen molar-refractivity contribution in [2.75, 3.05) is 19.3 Å². The number of alkyl halides is 1. The fourth-order valence-corrected chi connectivity index (χ4v) is 1.42. The van der Waals surface area contributed by atoms with Crippen molar-refractivity contribution in [2.24, 2.45) is 5.41 Å². The van der Waals surface area contributed by atoms with E-state index in [0.29, 0.717) is 0 Å². The molecule has 0 rings (SSSR count). The fourth-order valence-electron chi connectivity index (χ4n) is 1.33. The molecule has 134 valence electrons. The Morgan fingerprint density at radius 2 is 1.35 bits per heavy atom. The van der Waals surface area contributed by atoms with E-state index < -0.39 is 29.1 Å². The van der Waals surface area contributed by atoms with E-state index >= 15 is 0 Å². The van der Waals surface area contributed by atoms with Crippen LogP contribution in [0.25, 0.3) is 0 Å². The predicted molar refractivity (Wildman–Crippen MR) is 83.0 cm³/mol. The average molecular weight is 353 g/mol. The van der Waals surface area contributed by atoms with Crippen LogP contribution in [0, 0.1) is 5.41 Å². The van der Waals surface area contributed by atoms with Crippen molar-refractivity contribution < 1.29 is 33.3 Å². The average Bonchev–Trinajstić information content (AvgIpc) is 2.39. The van der Waals surface area contributed by atoms with Crippen LogP contribution in [0.2, 0.25) is 0 Å². The minimum atomic E-state index is -0.885. The van der Waals surface area contributed by atoms with Gasteiger partial charge in [-0.2, -0.15) is 0 Å². The van der Waals surface area contributed by atoms with Gasteiger partial charge in [-0.15, -0.1) is 0 Å². The van der Waals surface area contributed by atoms with Crippen molar-refractivity contribution in [2.45, 2.75) is 53.1 Å². The van der Waals surface area contributed by atoms with Gasteiger partial charge in [0.25, 0.3) is 0 Å². The Kier molecular flexibility index (Phi) is 8.97. The number of hydrogen-bond acceptors (Lipinski definition) is 7. The van der Waals surface area contributed by atoms with E-state index in [1.165, 1.54) is 0 Å². The Balaban J connectivity index is 4.03. The highest BCUT2D eigenvalue weighted by molar-refractivity contribution is 6.17. The van der Waals surface area contributed by atoms with Gasteiger partial charge >= 0.3 is 18.1 Å². The van der Waals surface area contributed by atoms with Crippen LogP contribution in [0.4, 0.5) is 4.79 Å². The Morgan fingerprint density at radius 3 is 1.87 bits per heavy atom. The molecule has 0 aromatic rings. The van der Waals surface area contributed by atoms with Crippen LogP contribution >= 0.6 is 11.6 Å². The lowest BCUT2D eigenvalue weighted by Crippen LogP contribution is -2.29. The van der Waals surface area contributed by atoms with Gasteiger partial charge < -0.3 is 18.9 Å². The standard InChI is InChI=1S/C15H25ClO7/c1-14(2,3)23-12(18)7-6-11(17)20-8-15(4,5)9-21-13(19)22-10-16/h6-10H2,1-5H3. The van der Waals surface area contributed by atoms with E-state index in [0.717, 1.165) is 0 Å². The molecule has 0 saturated heterocycles. The van der Waals surface area contributed by atoms with Gasteiger partial charge in [0.05, 0.1) is 19.4 Å². The van der Waals surface area contributed by atoms with Crippen LogP contribution < -0.4 is 0 Å². The Labute approximate surface area is 141 Å². The molecule has 0 spiro atoms. The molecule has 0 aliphatic heterocycles. The minimum Gasteiger partial charge on any atom is -0.465 e. The van der Waals surface area contributed by atoms with Crippen LogP contribution in [-0.2, 0) is 28.5 Å². The zero-order chi connectivity index (χ0) is 18.1. The summed E-state index contributed by atoms with van der Waals surface area (Å²) in [6, 6.07) is -0.293. The van der Waals surface area contributed by atoms with Crippen LogP contribution in [0.3, 0.4) is 0 Å². The summed E-state index contributed by atoms with van der Waals surface area (Å²) >= 11 is 5.22. The second-order valence-electron chi connectivity index (χ2n) is 6.70. The number of halogens is 1. The van der Waals surface area contributed by atoms with E-state index in [9.17, 15) is 14.4 Å². The molecule has 0 atom stereocenters. The first-order valence-electron chi connectivity index (χ1n) is 7.18. The quantitative estimate of drug-likeness (QED) is 0.377. The molecule has 0 radical (unpaired) electrons. The molecule has 7 nitrogen and oxygen atoms in total. The number of hydrogen-bond donors (Lipinski definition) is 0. The summed E-state index contributed by atoms with van der Waals surface area (Å²) in [7, 11) is 0. The molecule has 0 aliphatic rings. The largest absolute Gasteiger partial charge is 0.509 e. The van der Waals surface area contributed by atoms with Crippen LogP contribution in [0.1, 0.15) is 47.5 Å². The smallest absolute Gasteiger partial charge is 0.465 e. The van der Waals surface area contributed by atoms with Crippen LogP contribution in [0.15, 0.2) is 0 Å². The van der Waals surface area contributed by atoms with Crippen molar-refractivity contribution in [1.29, 1.82) is 0 Å². The summed E-state index contributed by atoms with van der Waals surface area (Å²) < 4.78 is 19.4. The number of carbonyl (C=O) groups is 3. The first kappa shape index (κ1) is 21.5. The third-order valence-corrected chi connectivity index (χ3v) is 2.44. The summed E-state index contributed by atoms with van der Waals surface area (Å²) in [6.07, 6.45) is -1.00. The third kappa shape index (κ3) is 12.7. The summed E-state index contributed by atoms with van der Waals surface area (Å²) in [6.45, 7) is 8.80. The van der Waals surface area contributed by atoms with Crippen LogP contribution in [-0.4, -0.2) is 43.0 Å². The first-order valence-corrected chi connectivity index (χ1v) is 7.72. The van der Waals surface area contributed by atoms with Gasteiger partial charge in [0.15, 0.2) is 6.07 Å². The molecule has 0 aromatic carbocycles. The maximum atomic E-state index is 11.6. The van der Waals surface area contributed by atoms with Crippen molar-refractivity contribution in [3.8, 4) is 0 Å². The van der Waals surface area contributed by atoms with Gasteiger partial charge in [0, 0.05) is 5.41 Å². The maximum absolute atomic E-state index is 11.6. The van der Waals surface area contributed by atoms with Gasteiger partial charge in [-0.05, 0) is 20.8 Å². The molecular formula is C15H25ClO7. The van der Waals surface area contributed by atoms with Crippen LogP contribution in [0.5, 0.6) is 0 Å². The number of carbonyl (C=O) groups excluding carboxylic acids is 3. The van der Waals surface area contributed by atoms with E-state index in [4.69, 9.17) is 25.8 Å². The van der Waals surface area contributed by atoms with Gasteiger partial charge in [0.1, 0.15) is 12.2 Å². The fraction of sp³-hybridized carbons (Fsp3) is 0.800. The van der Waals surface area contributed by atoms with E-state index in [1.54, 1.807) is 34.6 Å². The molecule has 0 aromatic heterocycles. The lowest BCUT2D eigenvalue weighted by atomic mass is 9.96. The highest BCUT2D eigenvalue weighted by Gasteiger charge is 2.24. The Bertz CT molecular complexity index is 413. The lowest BCUT2D eigenvalue weighted by molar-refractivity contribution is -0.159. The predicted octanol–water partition coefficient (Wildman–Crippen LogP) is 3.03. The summed E-state index contributed by atoms with van der Waals surface area (Å²) in [4.78, 5) is 34.1. The summed E-state index contributed by atoms with van der Waals surface area (Å²) in [5, 5.41) is 0. The number of rotatable bonds is 8. The topological polar surface area (TPSA) is 88.1 Å². The molecule has 0 fully saturated rings. The zero-order valence-electron chi connectivity index (χ0n) is 14.3. The number of esters is 2. The van der Waals surface area contributed by atoms with Gasteiger partial charge in [-0.25, -0.2) is 4.79 Å². The minimum absolute atomic E-state index is 0.00205. The normalized spacial score (nSPS) is 11.6. The van der Waals surface area contributed by atoms with E-state index in [1.807, 2.05) is 0 Å². The van der Waals surface area contributed by atoms with Crippen molar-refractivity contribution in [3.05, 3.63) is 0 Å². The van der Waals surface area contributed by atoms with Crippen molar-refractivity contribution in [1.82, 2.24) is 0 Å². The molecule has 0 heterocycles. The van der Waals surface area contributed by atoms with E-state index in [2.05, 4.69) is 4.74 Å². The van der Waals surface area contributed by atoms with Gasteiger partial charge in [-0.3, -0.25) is 9.59 Å². The molecule has 0 bridgehead atoms. The summed E-state index contributed by atoms with van der Waals surface area (Å²) in [5.41, 5.74) is -1.18. The number of ether oxygens (including phenoxy) is 4. The van der Waals surface area contributed by atoms with Crippen molar-refractivity contribution >= 4 is 29.7 Å². The second-order valence-corrected chi connectivity index (χ2v) is 6.92. The monoisotopic (exact) mass is 352 g/mol.